The molecule has 1 rings (SSSR count). The molecule has 0 amide bonds. The molecular weight excluding hydrogens is 218 g/mol. The molecule has 0 saturated heterocycles. The number of hydrogen-bond acceptors (Lipinski definition) is 1. The molecule has 0 fully saturated rings. The zero-order chi connectivity index (χ0) is 14.6. The van der Waals surface area contributed by atoms with E-state index >= 15 is 0 Å². The lowest BCUT2D eigenvalue weighted by Gasteiger charge is -2.06. The van der Waals surface area contributed by atoms with Gasteiger partial charge in [0, 0.05) is 17.5 Å². The number of allylic oxidation sites excluding steroid dienone is 3. The van der Waals surface area contributed by atoms with Crippen LogP contribution in [0.2, 0.25) is 0 Å². The van der Waals surface area contributed by atoms with Gasteiger partial charge in [0.15, 0.2) is 0 Å². The van der Waals surface area contributed by atoms with Crippen molar-refractivity contribution in [3.63, 3.8) is 0 Å². The maximum atomic E-state index is 4.32. The van der Waals surface area contributed by atoms with E-state index in [0.29, 0.717) is 0 Å². The molecular formula is C17H29N. The molecule has 0 aliphatic carbocycles. The molecule has 0 unspecified atom stereocenters. The van der Waals surface area contributed by atoms with Crippen LogP contribution in [-0.2, 0) is 0 Å². The Labute approximate surface area is 114 Å². The van der Waals surface area contributed by atoms with Gasteiger partial charge in [-0.2, -0.15) is 0 Å². The Morgan fingerprint density at radius 2 is 1.67 bits per heavy atom. The fourth-order valence-corrected chi connectivity index (χ4v) is 1.38. The summed E-state index contributed by atoms with van der Waals surface area (Å²) in [5.74, 6) is 0. The molecule has 0 radical (unpaired) electrons. The molecule has 0 aromatic carbocycles. The summed E-state index contributed by atoms with van der Waals surface area (Å²) in [6.45, 7) is 16.2. The summed E-state index contributed by atoms with van der Waals surface area (Å²) in [4.78, 5) is 4.32. The van der Waals surface area contributed by atoms with Crippen molar-refractivity contribution in [2.24, 2.45) is 0 Å². The number of rotatable bonds is 2. The number of pyridine rings is 1. The minimum Gasteiger partial charge on any atom is -0.261 e. The smallest absolute Gasteiger partial charge is 0.0379 e. The zero-order valence-electron chi connectivity index (χ0n) is 13.3. The van der Waals surface area contributed by atoms with E-state index in [1.165, 1.54) is 16.7 Å². The van der Waals surface area contributed by atoms with Crippen LogP contribution in [-0.4, -0.2) is 4.98 Å². The lowest BCUT2D eigenvalue weighted by molar-refractivity contribution is 1.18. The third-order valence-corrected chi connectivity index (χ3v) is 2.28. The normalized spacial score (nSPS) is 10.3. The summed E-state index contributed by atoms with van der Waals surface area (Å²) >= 11 is 0. The van der Waals surface area contributed by atoms with Crippen LogP contribution < -0.4 is 0 Å². The van der Waals surface area contributed by atoms with E-state index < -0.39 is 0 Å². The Balaban J connectivity index is 0. The first-order valence-electron chi connectivity index (χ1n) is 6.91. The molecule has 1 aromatic rings. The summed E-state index contributed by atoms with van der Waals surface area (Å²) in [5, 5.41) is 0. The third kappa shape index (κ3) is 6.39. The first-order chi connectivity index (χ1) is 8.69. The van der Waals surface area contributed by atoms with Gasteiger partial charge in [-0.25, -0.2) is 0 Å². The van der Waals surface area contributed by atoms with Gasteiger partial charge in [-0.15, -0.1) is 0 Å². The predicted molar refractivity (Wildman–Crippen MR) is 85.7 cm³/mol. The van der Waals surface area contributed by atoms with Gasteiger partial charge in [-0.1, -0.05) is 45.9 Å². The highest BCUT2D eigenvalue weighted by Crippen LogP contribution is 2.19. The number of nitrogens with zero attached hydrogens (tertiary/aromatic N) is 1. The van der Waals surface area contributed by atoms with E-state index in [4.69, 9.17) is 0 Å². The van der Waals surface area contributed by atoms with Gasteiger partial charge in [-0.3, -0.25) is 4.98 Å². The minimum absolute atomic E-state index is 1.06. The van der Waals surface area contributed by atoms with Crippen molar-refractivity contribution in [1.82, 2.24) is 4.98 Å². The summed E-state index contributed by atoms with van der Waals surface area (Å²) < 4.78 is 0. The number of hydrogen-bond donors (Lipinski definition) is 0. The second kappa shape index (κ2) is 12.1. The van der Waals surface area contributed by atoms with Crippen LogP contribution in [0, 0.1) is 6.92 Å². The van der Waals surface area contributed by atoms with Crippen LogP contribution in [0.1, 0.15) is 65.3 Å². The maximum Gasteiger partial charge on any atom is 0.0379 e. The van der Waals surface area contributed by atoms with E-state index in [0.717, 1.165) is 5.69 Å². The first-order valence-corrected chi connectivity index (χ1v) is 6.91. The molecule has 0 atom stereocenters. The summed E-state index contributed by atoms with van der Waals surface area (Å²) in [6.07, 6.45) is 8.23. The Hall–Kier alpha value is -1.37. The van der Waals surface area contributed by atoms with Crippen molar-refractivity contribution in [3.05, 3.63) is 41.2 Å². The minimum atomic E-state index is 1.06. The fourth-order valence-electron chi connectivity index (χ4n) is 1.38. The van der Waals surface area contributed by atoms with Crippen LogP contribution in [0.5, 0.6) is 0 Å². The third-order valence-electron chi connectivity index (χ3n) is 2.28. The summed E-state index contributed by atoms with van der Waals surface area (Å²) in [6, 6.07) is 2.11. The largest absolute Gasteiger partial charge is 0.261 e. The number of aromatic nitrogens is 1. The van der Waals surface area contributed by atoms with Gasteiger partial charge in [0.1, 0.15) is 0 Å². The lowest BCUT2D eigenvalue weighted by atomic mass is 10.0. The Morgan fingerprint density at radius 3 is 2.11 bits per heavy atom. The zero-order valence-corrected chi connectivity index (χ0v) is 13.3. The Kier molecular flexibility index (Phi) is 12.8. The predicted octanol–water partition coefficient (Wildman–Crippen LogP) is 5.90. The average molecular weight is 247 g/mol. The average Bonchev–Trinajstić information content (AvgIpc) is 2.43. The second-order valence-corrected chi connectivity index (χ2v) is 3.38. The van der Waals surface area contributed by atoms with Gasteiger partial charge in [0.05, 0.1) is 0 Å². The van der Waals surface area contributed by atoms with Crippen molar-refractivity contribution < 1.29 is 0 Å². The molecule has 18 heavy (non-hydrogen) atoms. The van der Waals surface area contributed by atoms with Gasteiger partial charge in [0.2, 0.25) is 0 Å². The van der Waals surface area contributed by atoms with Gasteiger partial charge in [0.25, 0.3) is 0 Å². The molecule has 1 heteroatoms. The molecule has 0 spiro atoms. The molecule has 102 valence electrons. The Morgan fingerprint density at radius 1 is 1.11 bits per heavy atom. The van der Waals surface area contributed by atoms with E-state index in [9.17, 15) is 0 Å². The molecule has 1 nitrogen and oxygen atoms in total. The van der Waals surface area contributed by atoms with E-state index in [1.54, 1.807) is 0 Å². The standard InChI is InChI=1S/C13H17N.2C2H6/c1-5-7-12-8-11(4)14-9-13(12)10(3)6-2;2*1-2/h5-9H,1-4H3;2*1-2H3/b7-5-,10-6-;;. The van der Waals surface area contributed by atoms with Gasteiger partial charge < -0.3 is 0 Å². The number of aryl methyl sites for hydroxylation is 1. The van der Waals surface area contributed by atoms with Crippen molar-refractivity contribution in [3.8, 4) is 0 Å². The van der Waals surface area contributed by atoms with Gasteiger partial charge >= 0.3 is 0 Å². The van der Waals surface area contributed by atoms with E-state index in [2.05, 4.69) is 43.1 Å². The topological polar surface area (TPSA) is 12.9 Å². The monoisotopic (exact) mass is 247 g/mol. The lowest BCUT2D eigenvalue weighted by Crippen LogP contribution is -1.90. The van der Waals surface area contributed by atoms with Crippen molar-refractivity contribution in [1.29, 1.82) is 0 Å². The summed E-state index contributed by atoms with van der Waals surface area (Å²) in [5.41, 5.74) is 4.79. The van der Waals surface area contributed by atoms with E-state index in [1.807, 2.05) is 47.7 Å². The summed E-state index contributed by atoms with van der Waals surface area (Å²) in [7, 11) is 0. The first kappa shape index (κ1) is 19.0. The Bertz CT molecular complexity index is 373. The van der Waals surface area contributed by atoms with Crippen LogP contribution in [0.3, 0.4) is 0 Å². The van der Waals surface area contributed by atoms with Crippen molar-refractivity contribution in [2.45, 2.75) is 55.4 Å². The van der Waals surface area contributed by atoms with Crippen molar-refractivity contribution in [2.75, 3.05) is 0 Å². The SMILES string of the molecule is C/C=C\c1cc(C)ncc1/C(C)=C\C.CC.CC. The van der Waals surface area contributed by atoms with Gasteiger partial charge in [-0.05, 0) is 44.9 Å². The maximum absolute atomic E-state index is 4.32. The quantitative estimate of drug-likeness (QED) is 0.634. The molecule has 0 aliphatic heterocycles. The van der Waals surface area contributed by atoms with E-state index in [-0.39, 0.29) is 0 Å². The second-order valence-electron chi connectivity index (χ2n) is 3.38. The highest BCUT2D eigenvalue weighted by Gasteiger charge is 2.01. The highest BCUT2D eigenvalue weighted by molar-refractivity contribution is 5.72. The van der Waals surface area contributed by atoms with Crippen LogP contribution in [0.15, 0.2) is 24.4 Å². The van der Waals surface area contributed by atoms with Crippen molar-refractivity contribution >= 4 is 11.6 Å². The molecule has 0 bridgehead atoms. The van der Waals surface area contributed by atoms with Crippen LogP contribution in [0.25, 0.3) is 11.6 Å². The molecule has 0 saturated carbocycles. The molecule has 0 N–H and O–H groups in total. The fraction of sp³-hybridized carbons (Fsp3) is 0.471. The molecule has 0 aliphatic rings. The molecule has 1 heterocycles. The molecule has 1 aromatic heterocycles. The highest BCUT2D eigenvalue weighted by atomic mass is 14.7. The van der Waals surface area contributed by atoms with Crippen LogP contribution in [0.4, 0.5) is 0 Å². The van der Waals surface area contributed by atoms with Crippen LogP contribution >= 0.6 is 0 Å².